The molecule has 0 spiro atoms. The first-order valence-electron chi connectivity index (χ1n) is 7.05. The maximum atomic E-state index is 12.5. The summed E-state index contributed by atoms with van der Waals surface area (Å²) in [6.07, 6.45) is 0. The largest absolute Gasteiger partial charge is 0.501 e. The van der Waals surface area contributed by atoms with E-state index in [-0.39, 0.29) is 5.43 Å². The lowest BCUT2D eigenvalue weighted by molar-refractivity contribution is 0.294. The van der Waals surface area contributed by atoms with Crippen molar-refractivity contribution in [2.24, 2.45) is 0 Å². The Bertz CT molecular complexity index is 808. The van der Waals surface area contributed by atoms with E-state index in [1.807, 2.05) is 34.6 Å². The molecule has 0 aliphatic heterocycles. The number of ether oxygens (including phenoxy) is 1. The molecule has 0 bridgehead atoms. The number of hydrogen-bond donors (Lipinski definition) is 0. The van der Waals surface area contributed by atoms with Crippen molar-refractivity contribution in [3.63, 3.8) is 0 Å². The predicted octanol–water partition coefficient (Wildman–Crippen LogP) is 4.42. The van der Waals surface area contributed by atoms with Crippen LogP contribution in [0.25, 0.3) is 16.5 Å². The van der Waals surface area contributed by atoms with Gasteiger partial charge in [0.2, 0.25) is 0 Å². The van der Waals surface area contributed by atoms with Crippen molar-refractivity contribution in [2.45, 2.75) is 41.5 Å². The van der Waals surface area contributed by atoms with E-state index >= 15 is 0 Å². The molecule has 0 N–H and O–H groups in total. The SMILES string of the molecule is CO/C(C)=C(/C)c1cc(=O)c2c(C)c(C)c(C)c(C)c2o1. The number of allylic oxidation sites excluding steroid dienone is 2. The van der Waals surface area contributed by atoms with Crippen LogP contribution in [0.2, 0.25) is 0 Å². The van der Waals surface area contributed by atoms with Crippen molar-refractivity contribution in [3.8, 4) is 0 Å². The molecule has 21 heavy (non-hydrogen) atoms. The molecule has 2 aromatic rings. The molecule has 0 aliphatic rings. The molecule has 0 saturated carbocycles. The summed E-state index contributed by atoms with van der Waals surface area (Å²) in [5, 5.41) is 0.683. The standard InChI is InChI=1S/C18H22O3/c1-9-10(2)12(4)18-17(11(9)3)15(19)8-16(21-18)13(5)14(6)20-7/h8H,1-7H3/b14-13-. The molecule has 0 aliphatic carbocycles. The van der Waals surface area contributed by atoms with Crippen LogP contribution in [0.1, 0.15) is 41.9 Å². The van der Waals surface area contributed by atoms with E-state index in [9.17, 15) is 4.79 Å². The number of methoxy groups -OCH3 is 1. The number of fused-ring (bicyclic) bond motifs is 1. The lowest BCUT2D eigenvalue weighted by atomic mass is 9.95. The van der Waals surface area contributed by atoms with Crippen molar-refractivity contribution in [3.05, 3.63) is 50.1 Å². The zero-order valence-electron chi connectivity index (χ0n) is 13.8. The Morgan fingerprint density at radius 3 is 2.14 bits per heavy atom. The Hall–Kier alpha value is -2.03. The Balaban J connectivity index is 2.94. The van der Waals surface area contributed by atoms with Crippen LogP contribution in [0.15, 0.2) is 21.0 Å². The van der Waals surface area contributed by atoms with Crippen LogP contribution in [0.3, 0.4) is 0 Å². The number of benzene rings is 1. The van der Waals surface area contributed by atoms with Crippen molar-refractivity contribution in [1.82, 2.24) is 0 Å². The van der Waals surface area contributed by atoms with Crippen molar-refractivity contribution < 1.29 is 9.15 Å². The summed E-state index contributed by atoms with van der Waals surface area (Å²) in [5.41, 5.74) is 5.87. The Labute approximate surface area is 125 Å². The summed E-state index contributed by atoms with van der Waals surface area (Å²) in [4.78, 5) is 12.5. The second kappa shape index (κ2) is 5.40. The fourth-order valence-corrected chi connectivity index (χ4v) is 2.54. The summed E-state index contributed by atoms with van der Waals surface area (Å²) in [6.45, 7) is 11.8. The first kappa shape index (κ1) is 15.4. The molecule has 0 unspecified atom stereocenters. The number of hydrogen-bond acceptors (Lipinski definition) is 3. The van der Waals surface area contributed by atoms with Crippen LogP contribution < -0.4 is 5.43 Å². The highest BCUT2D eigenvalue weighted by atomic mass is 16.5. The maximum Gasteiger partial charge on any atom is 0.193 e. The molecule has 1 aromatic carbocycles. The molecule has 112 valence electrons. The van der Waals surface area contributed by atoms with Crippen LogP contribution in [-0.4, -0.2) is 7.11 Å². The van der Waals surface area contributed by atoms with Crippen LogP contribution in [0.4, 0.5) is 0 Å². The van der Waals surface area contributed by atoms with Gasteiger partial charge in [-0.15, -0.1) is 0 Å². The lowest BCUT2D eigenvalue weighted by Gasteiger charge is -2.14. The highest BCUT2D eigenvalue weighted by Crippen LogP contribution is 2.29. The monoisotopic (exact) mass is 286 g/mol. The fourth-order valence-electron chi connectivity index (χ4n) is 2.54. The van der Waals surface area contributed by atoms with E-state index in [4.69, 9.17) is 9.15 Å². The third kappa shape index (κ3) is 2.37. The highest BCUT2D eigenvalue weighted by molar-refractivity contribution is 5.86. The first-order valence-corrected chi connectivity index (χ1v) is 7.05. The third-order valence-corrected chi connectivity index (χ3v) is 4.55. The second-order valence-electron chi connectivity index (χ2n) is 5.56. The zero-order chi connectivity index (χ0) is 15.9. The topological polar surface area (TPSA) is 39.4 Å². The molecule has 3 heteroatoms. The average Bonchev–Trinajstić information content (AvgIpc) is 2.48. The van der Waals surface area contributed by atoms with Gasteiger partial charge in [0.25, 0.3) is 0 Å². The van der Waals surface area contributed by atoms with Gasteiger partial charge >= 0.3 is 0 Å². The Kier molecular flexibility index (Phi) is 3.95. The van der Waals surface area contributed by atoms with Crippen molar-refractivity contribution in [1.29, 1.82) is 0 Å². The van der Waals surface area contributed by atoms with Gasteiger partial charge in [-0.2, -0.15) is 0 Å². The van der Waals surface area contributed by atoms with Crippen LogP contribution in [0.5, 0.6) is 0 Å². The van der Waals surface area contributed by atoms with E-state index in [2.05, 4.69) is 6.92 Å². The highest BCUT2D eigenvalue weighted by Gasteiger charge is 2.16. The molecule has 1 heterocycles. The predicted molar refractivity (Wildman–Crippen MR) is 86.7 cm³/mol. The van der Waals surface area contributed by atoms with Gasteiger partial charge in [0.1, 0.15) is 11.3 Å². The zero-order valence-corrected chi connectivity index (χ0v) is 13.8. The molecule has 0 amide bonds. The Morgan fingerprint density at radius 1 is 1.00 bits per heavy atom. The maximum absolute atomic E-state index is 12.5. The van der Waals surface area contributed by atoms with Gasteiger partial charge in [-0.25, -0.2) is 0 Å². The quantitative estimate of drug-likeness (QED) is 0.767. The summed E-state index contributed by atoms with van der Waals surface area (Å²) < 4.78 is 11.3. The average molecular weight is 286 g/mol. The van der Waals surface area contributed by atoms with E-state index in [1.165, 1.54) is 5.56 Å². The van der Waals surface area contributed by atoms with Crippen LogP contribution >= 0.6 is 0 Å². The Morgan fingerprint density at radius 2 is 1.57 bits per heavy atom. The first-order chi connectivity index (χ1) is 9.79. The molecule has 0 radical (unpaired) electrons. The minimum absolute atomic E-state index is 0.00166. The molecule has 3 nitrogen and oxygen atoms in total. The minimum Gasteiger partial charge on any atom is -0.501 e. The molecule has 1 aromatic heterocycles. The van der Waals surface area contributed by atoms with Gasteiger partial charge in [0.15, 0.2) is 5.43 Å². The summed E-state index contributed by atoms with van der Waals surface area (Å²) in [7, 11) is 1.61. The van der Waals surface area contributed by atoms with Gasteiger partial charge < -0.3 is 9.15 Å². The molecule has 0 atom stereocenters. The smallest absolute Gasteiger partial charge is 0.193 e. The van der Waals surface area contributed by atoms with E-state index in [0.717, 1.165) is 28.0 Å². The summed E-state index contributed by atoms with van der Waals surface area (Å²) in [5.74, 6) is 1.31. The van der Waals surface area contributed by atoms with Gasteiger partial charge in [-0.3, -0.25) is 4.79 Å². The fraction of sp³-hybridized carbons (Fsp3) is 0.389. The summed E-state index contributed by atoms with van der Waals surface area (Å²) in [6, 6.07) is 1.56. The third-order valence-electron chi connectivity index (χ3n) is 4.55. The van der Waals surface area contributed by atoms with Crippen LogP contribution in [0, 0.1) is 27.7 Å². The number of rotatable bonds is 2. The van der Waals surface area contributed by atoms with Crippen molar-refractivity contribution in [2.75, 3.05) is 7.11 Å². The van der Waals surface area contributed by atoms with E-state index in [0.29, 0.717) is 16.7 Å². The molecule has 0 fully saturated rings. The van der Waals surface area contributed by atoms with Gasteiger partial charge in [-0.05, 0) is 63.8 Å². The molecular weight excluding hydrogens is 264 g/mol. The molecular formula is C18H22O3. The minimum atomic E-state index is -0.00166. The lowest BCUT2D eigenvalue weighted by Crippen LogP contribution is -2.07. The van der Waals surface area contributed by atoms with Gasteiger partial charge in [-0.1, -0.05) is 0 Å². The number of aryl methyl sites for hydroxylation is 2. The molecule has 0 saturated heterocycles. The van der Waals surface area contributed by atoms with E-state index < -0.39 is 0 Å². The molecule has 2 rings (SSSR count). The van der Waals surface area contributed by atoms with E-state index in [1.54, 1.807) is 13.2 Å². The second-order valence-corrected chi connectivity index (χ2v) is 5.56. The normalized spacial score (nSPS) is 12.5. The van der Waals surface area contributed by atoms with Gasteiger partial charge in [0.05, 0.1) is 18.3 Å². The van der Waals surface area contributed by atoms with Crippen LogP contribution in [-0.2, 0) is 4.74 Å². The van der Waals surface area contributed by atoms with Gasteiger partial charge in [0, 0.05) is 11.6 Å². The summed E-state index contributed by atoms with van der Waals surface area (Å²) >= 11 is 0. The van der Waals surface area contributed by atoms with Crippen molar-refractivity contribution >= 4 is 16.5 Å².